The Morgan fingerprint density at radius 1 is 1.30 bits per heavy atom. The number of rotatable bonds is 2. The molecule has 0 saturated carbocycles. The van der Waals surface area contributed by atoms with Gasteiger partial charge in [0, 0.05) is 13.2 Å². The van der Waals surface area contributed by atoms with Gasteiger partial charge in [0.15, 0.2) is 0 Å². The minimum Gasteiger partial charge on any atom is -0.320 e. The first-order valence-corrected chi connectivity index (χ1v) is 6.46. The van der Waals surface area contributed by atoms with E-state index in [1.165, 1.54) is 0 Å². The van der Waals surface area contributed by atoms with Crippen LogP contribution in [-0.4, -0.2) is 15.5 Å². The van der Waals surface area contributed by atoms with Crippen LogP contribution in [0.25, 0.3) is 0 Å². The molecular weight excluding hydrogens is 339 g/mol. The van der Waals surface area contributed by atoms with Crippen LogP contribution in [-0.2, 0) is 13.2 Å². The summed E-state index contributed by atoms with van der Waals surface area (Å²) in [6.07, 6.45) is -3.74. The normalized spacial score (nSPS) is 11.3. The Labute approximate surface area is 131 Å². The van der Waals surface area contributed by atoms with Crippen molar-refractivity contribution in [2.24, 2.45) is 7.05 Å². The lowest BCUT2D eigenvalue weighted by molar-refractivity contribution is -0.137. The maximum Gasteiger partial charge on any atom is 0.416 e. The zero-order valence-electron chi connectivity index (χ0n) is 11.5. The molecule has 1 heterocycles. The van der Waals surface area contributed by atoms with Gasteiger partial charge in [-0.2, -0.15) is 13.2 Å². The number of carbonyl (C=O) groups is 1. The predicted octanol–water partition coefficient (Wildman–Crippen LogP) is 2.00. The van der Waals surface area contributed by atoms with E-state index in [1.54, 1.807) is 0 Å². The lowest BCUT2D eigenvalue weighted by Crippen LogP contribution is -2.37. The van der Waals surface area contributed by atoms with Gasteiger partial charge in [-0.3, -0.25) is 14.2 Å². The van der Waals surface area contributed by atoms with E-state index >= 15 is 0 Å². The Balaban J connectivity index is 2.40. The van der Waals surface area contributed by atoms with E-state index in [-0.39, 0.29) is 10.7 Å². The molecule has 0 aliphatic carbocycles. The lowest BCUT2D eigenvalue weighted by Gasteiger charge is -2.11. The van der Waals surface area contributed by atoms with Gasteiger partial charge in [0.05, 0.1) is 16.3 Å². The molecule has 0 unspecified atom stereocenters. The van der Waals surface area contributed by atoms with Gasteiger partial charge >= 0.3 is 11.9 Å². The smallest absolute Gasteiger partial charge is 0.320 e. The van der Waals surface area contributed by atoms with Crippen LogP contribution in [0.3, 0.4) is 0 Å². The number of halogens is 4. The molecule has 122 valence electrons. The number of hydrogen-bond donors (Lipinski definition) is 2. The van der Waals surface area contributed by atoms with Crippen molar-refractivity contribution in [2.45, 2.75) is 6.18 Å². The van der Waals surface area contributed by atoms with Crippen molar-refractivity contribution in [2.75, 3.05) is 5.32 Å². The number of amides is 1. The summed E-state index contributed by atoms with van der Waals surface area (Å²) in [6.45, 7) is 0. The fourth-order valence-corrected chi connectivity index (χ4v) is 1.88. The number of hydrogen-bond acceptors (Lipinski definition) is 3. The van der Waals surface area contributed by atoms with Crippen LogP contribution in [0.15, 0.2) is 34.0 Å². The largest absolute Gasteiger partial charge is 0.416 e. The molecule has 1 aromatic heterocycles. The summed E-state index contributed by atoms with van der Waals surface area (Å²) in [7, 11) is 1.15. The first kappa shape index (κ1) is 16.8. The molecule has 23 heavy (non-hydrogen) atoms. The number of nitrogens with zero attached hydrogens (tertiary/aromatic N) is 1. The zero-order valence-corrected chi connectivity index (χ0v) is 12.2. The molecule has 0 bridgehead atoms. The Bertz CT molecular complexity index is 886. The van der Waals surface area contributed by atoms with Crippen LogP contribution in [0.1, 0.15) is 15.9 Å². The minimum absolute atomic E-state index is 0.132. The molecular formula is C13H9ClF3N3O3. The maximum atomic E-state index is 12.7. The van der Waals surface area contributed by atoms with Gasteiger partial charge in [-0.1, -0.05) is 11.6 Å². The third-order valence-corrected chi connectivity index (χ3v) is 3.30. The SMILES string of the molecule is Cn1c(=O)[nH]cc(C(=O)Nc2cc(C(F)(F)F)ccc2Cl)c1=O. The highest BCUT2D eigenvalue weighted by atomic mass is 35.5. The second kappa shape index (κ2) is 5.92. The van der Waals surface area contributed by atoms with Crippen molar-refractivity contribution in [3.63, 3.8) is 0 Å². The van der Waals surface area contributed by atoms with Crippen molar-refractivity contribution in [3.05, 3.63) is 61.4 Å². The van der Waals surface area contributed by atoms with E-state index in [4.69, 9.17) is 11.6 Å². The van der Waals surface area contributed by atoms with Gasteiger partial charge in [0.25, 0.3) is 11.5 Å². The highest BCUT2D eigenvalue weighted by Gasteiger charge is 2.31. The standard InChI is InChI=1S/C13H9ClF3N3O3/c1-20-11(22)7(5-18-12(20)23)10(21)19-9-4-6(13(15,16)17)2-3-8(9)14/h2-5H,1H3,(H,18,23)(H,19,21). The van der Waals surface area contributed by atoms with Crippen LogP contribution in [0.2, 0.25) is 5.02 Å². The van der Waals surface area contributed by atoms with Crippen LogP contribution >= 0.6 is 11.6 Å². The number of H-pyrrole nitrogens is 1. The van der Waals surface area contributed by atoms with Crippen molar-refractivity contribution in [3.8, 4) is 0 Å². The van der Waals surface area contributed by atoms with Crippen LogP contribution < -0.4 is 16.6 Å². The fraction of sp³-hybridized carbons (Fsp3) is 0.154. The number of nitrogens with one attached hydrogen (secondary N) is 2. The maximum absolute atomic E-state index is 12.7. The average Bonchev–Trinajstić information content (AvgIpc) is 2.46. The molecule has 0 saturated heterocycles. The summed E-state index contributed by atoms with van der Waals surface area (Å²) in [5.74, 6) is -0.997. The lowest BCUT2D eigenvalue weighted by atomic mass is 10.2. The summed E-state index contributed by atoms with van der Waals surface area (Å²) in [6, 6.07) is 2.39. The third kappa shape index (κ3) is 3.45. The summed E-state index contributed by atoms with van der Waals surface area (Å²) in [5, 5.41) is 1.99. The number of benzene rings is 1. The van der Waals surface area contributed by atoms with Gasteiger partial charge in [-0.25, -0.2) is 4.79 Å². The fourth-order valence-electron chi connectivity index (χ4n) is 1.72. The Hall–Kier alpha value is -2.55. The summed E-state index contributed by atoms with van der Waals surface area (Å²) in [4.78, 5) is 37.2. The van der Waals surface area contributed by atoms with E-state index in [9.17, 15) is 27.6 Å². The molecule has 1 amide bonds. The van der Waals surface area contributed by atoms with Gasteiger partial charge in [0.2, 0.25) is 0 Å². The summed E-state index contributed by atoms with van der Waals surface area (Å²) >= 11 is 5.75. The topological polar surface area (TPSA) is 84.0 Å². The number of aromatic amines is 1. The van der Waals surface area contributed by atoms with Crippen molar-refractivity contribution in [1.82, 2.24) is 9.55 Å². The van der Waals surface area contributed by atoms with Gasteiger partial charge in [-0.15, -0.1) is 0 Å². The monoisotopic (exact) mass is 347 g/mol. The number of alkyl halides is 3. The minimum atomic E-state index is -4.61. The number of carbonyl (C=O) groups excluding carboxylic acids is 1. The van der Waals surface area contributed by atoms with E-state index in [2.05, 4.69) is 10.3 Å². The van der Waals surface area contributed by atoms with Gasteiger partial charge < -0.3 is 10.3 Å². The first-order chi connectivity index (χ1) is 10.6. The quantitative estimate of drug-likeness (QED) is 0.871. The Morgan fingerprint density at radius 3 is 2.57 bits per heavy atom. The van der Waals surface area contributed by atoms with Crippen LogP contribution in [0, 0.1) is 0 Å². The van der Waals surface area contributed by atoms with E-state index < -0.39 is 34.5 Å². The molecule has 2 rings (SSSR count). The van der Waals surface area contributed by atoms with Crippen LogP contribution in [0.4, 0.5) is 18.9 Å². The highest BCUT2D eigenvalue weighted by molar-refractivity contribution is 6.34. The third-order valence-electron chi connectivity index (χ3n) is 2.97. The molecule has 0 fully saturated rings. The van der Waals surface area contributed by atoms with Crippen molar-refractivity contribution >= 4 is 23.2 Å². The average molecular weight is 348 g/mol. The first-order valence-electron chi connectivity index (χ1n) is 6.08. The van der Waals surface area contributed by atoms with Crippen molar-refractivity contribution in [1.29, 1.82) is 0 Å². The highest BCUT2D eigenvalue weighted by Crippen LogP contribution is 2.33. The summed E-state index contributed by atoms with van der Waals surface area (Å²) in [5.41, 5.74) is -3.38. The Kier molecular flexibility index (Phi) is 4.33. The molecule has 2 aromatic rings. The van der Waals surface area contributed by atoms with Gasteiger partial charge in [-0.05, 0) is 18.2 Å². The Morgan fingerprint density at radius 2 is 1.96 bits per heavy atom. The van der Waals surface area contributed by atoms with Gasteiger partial charge in [0.1, 0.15) is 5.56 Å². The molecule has 1 aromatic carbocycles. The van der Waals surface area contributed by atoms with Crippen molar-refractivity contribution < 1.29 is 18.0 Å². The van der Waals surface area contributed by atoms with Crippen LogP contribution in [0.5, 0.6) is 0 Å². The molecule has 2 N–H and O–H groups in total. The molecule has 0 spiro atoms. The number of aromatic nitrogens is 2. The number of anilines is 1. The zero-order chi connectivity index (χ0) is 17.4. The van der Waals surface area contributed by atoms with E-state index in [1.807, 2.05) is 0 Å². The van der Waals surface area contributed by atoms with E-state index in [0.717, 1.165) is 25.4 Å². The van der Waals surface area contributed by atoms with E-state index in [0.29, 0.717) is 10.6 Å². The second-order valence-electron chi connectivity index (χ2n) is 4.52. The second-order valence-corrected chi connectivity index (χ2v) is 4.93. The molecule has 10 heteroatoms. The molecule has 0 atom stereocenters. The molecule has 0 aliphatic rings. The predicted molar refractivity (Wildman–Crippen MR) is 76.7 cm³/mol. The molecule has 6 nitrogen and oxygen atoms in total. The molecule has 0 aliphatic heterocycles. The summed E-state index contributed by atoms with van der Waals surface area (Å²) < 4.78 is 38.7. The molecule has 0 radical (unpaired) electrons.